The highest BCUT2D eigenvalue weighted by molar-refractivity contribution is 5.40. The van der Waals surface area contributed by atoms with Crippen LogP contribution in [-0.4, -0.2) is 18.3 Å². The highest BCUT2D eigenvalue weighted by atomic mass is 16.5. The summed E-state index contributed by atoms with van der Waals surface area (Å²) in [7, 11) is 1.89. The highest BCUT2D eigenvalue weighted by Crippen LogP contribution is 2.87. The van der Waals surface area contributed by atoms with Gasteiger partial charge in [0.25, 0.3) is 0 Å². The molecule has 1 aromatic carbocycles. The van der Waals surface area contributed by atoms with Gasteiger partial charge >= 0.3 is 0 Å². The van der Waals surface area contributed by atoms with Crippen LogP contribution in [0.5, 0.6) is 0 Å². The van der Waals surface area contributed by atoms with E-state index in [9.17, 15) is 5.11 Å². The van der Waals surface area contributed by atoms with E-state index < -0.39 is 5.60 Å². The van der Waals surface area contributed by atoms with Gasteiger partial charge in [-0.2, -0.15) is 0 Å². The number of methoxy groups -OCH3 is 1. The third kappa shape index (κ3) is 0.791. The van der Waals surface area contributed by atoms with Crippen LogP contribution in [-0.2, 0) is 10.3 Å². The second-order valence-corrected chi connectivity index (χ2v) is 7.82. The van der Waals surface area contributed by atoms with Crippen LogP contribution in [0.25, 0.3) is 0 Å². The minimum Gasteiger partial charge on any atom is -0.385 e. The van der Waals surface area contributed by atoms with E-state index in [4.69, 9.17) is 4.74 Å². The summed E-state index contributed by atoms with van der Waals surface area (Å²) in [6.07, 6.45) is 1.81. The summed E-state index contributed by atoms with van der Waals surface area (Å²) in [6.45, 7) is 0. The van der Waals surface area contributed by atoms with E-state index in [0.717, 1.165) is 23.7 Å². The number of hydrogen-bond acceptors (Lipinski definition) is 2. The lowest BCUT2D eigenvalue weighted by Gasteiger charge is -2.54. The summed E-state index contributed by atoms with van der Waals surface area (Å²) in [5.41, 5.74) is 0.621. The van der Waals surface area contributed by atoms with Gasteiger partial charge in [0, 0.05) is 18.9 Å². The molecular formula is C18H20O2. The molecule has 5 saturated carbocycles. The Bertz CT molecular complexity index is 599. The first kappa shape index (κ1) is 10.8. The van der Waals surface area contributed by atoms with Gasteiger partial charge in [0.1, 0.15) is 0 Å². The number of hydrogen-bond donors (Lipinski definition) is 1. The van der Waals surface area contributed by atoms with Gasteiger partial charge in [-0.15, -0.1) is 0 Å². The zero-order chi connectivity index (χ0) is 13.2. The van der Waals surface area contributed by atoms with Crippen molar-refractivity contribution in [3.8, 4) is 0 Å². The number of benzene rings is 1. The van der Waals surface area contributed by atoms with E-state index in [0.29, 0.717) is 29.8 Å². The zero-order valence-corrected chi connectivity index (χ0v) is 11.6. The second kappa shape index (κ2) is 3.00. The number of fused-ring (bicyclic) bond motifs is 2. The van der Waals surface area contributed by atoms with Gasteiger partial charge in [0.05, 0.1) is 11.7 Å². The number of ether oxygens (including phenoxy) is 1. The van der Waals surface area contributed by atoms with Gasteiger partial charge in [-0.05, 0) is 47.5 Å². The average Bonchev–Trinajstić information content (AvgIpc) is 2.98. The maximum absolute atomic E-state index is 11.7. The molecule has 0 spiro atoms. The van der Waals surface area contributed by atoms with E-state index in [1.807, 2.05) is 7.11 Å². The average molecular weight is 268 g/mol. The summed E-state index contributed by atoms with van der Waals surface area (Å²) < 4.78 is 5.89. The Kier molecular flexibility index (Phi) is 1.62. The molecule has 0 aromatic heterocycles. The van der Waals surface area contributed by atoms with Gasteiger partial charge in [0.15, 0.2) is 0 Å². The van der Waals surface area contributed by atoms with Crippen molar-refractivity contribution >= 4 is 0 Å². The largest absolute Gasteiger partial charge is 0.385 e. The highest BCUT2D eigenvalue weighted by Gasteiger charge is 2.87. The molecule has 10 atom stereocenters. The molecule has 5 aliphatic carbocycles. The first-order valence-corrected chi connectivity index (χ1v) is 8.09. The molecule has 104 valence electrons. The van der Waals surface area contributed by atoms with Crippen molar-refractivity contribution in [1.29, 1.82) is 0 Å². The Morgan fingerprint density at radius 3 is 2.55 bits per heavy atom. The third-order valence-electron chi connectivity index (χ3n) is 7.91. The number of rotatable bonds is 2. The fraction of sp³-hybridized carbons (Fsp3) is 0.667. The minimum atomic E-state index is -0.553. The smallest absolute Gasteiger partial charge is 0.0965 e. The summed E-state index contributed by atoms with van der Waals surface area (Å²) >= 11 is 0. The van der Waals surface area contributed by atoms with E-state index in [2.05, 4.69) is 30.3 Å². The lowest BCUT2D eigenvalue weighted by atomic mass is 9.54. The SMILES string of the molecule is CO[C@H]1[C@@H]2[C@H]3[C@@H]4C[C@@H]5[C@H]3[C@@H]2[C@@](O)(c2ccccc2)[C@H]5[C@@H]41. The van der Waals surface area contributed by atoms with Crippen molar-refractivity contribution in [2.24, 2.45) is 47.3 Å². The fourth-order valence-electron chi connectivity index (χ4n) is 7.91. The molecular weight excluding hydrogens is 248 g/mol. The van der Waals surface area contributed by atoms with Gasteiger partial charge in [0.2, 0.25) is 0 Å². The Labute approximate surface area is 119 Å². The predicted molar refractivity (Wildman–Crippen MR) is 73.7 cm³/mol. The molecule has 2 heteroatoms. The van der Waals surface area contributed by atoms with E-state index in [1.54, 1.807) is 0 Å². The molecule has 5 aliphatic rings. The predicted octanol–water partition coefficient (Wildman–Crippen LogP) is 2.28. The number of aliphatic hydroxyl groups is 1. The van der Waals surface area contributed by atoms with Crippen molar-refractivity contribution in [3.05, 3.63) is 35.9 Å². The van der Waals surface area contributed by atoms with E-state index in [1.165, 1.54) is 12.0 Å². The Hall–Kier alpha value is -0.860. The van der Waals surface area contributed by atoms with Gasteiger partial charge in [-0.3, -0.25) is 0 Å². The Morgan fingerprint density at radius 1 is 1.00 bits per heavy atom. The van der Waals surface area contributed by atoms with E-state index in [-0.39, 0.29) is 0 Å². The molecule has 2 bridgehead atoms. The minimum absolute atomic E-state index is 0.438. The van der Waals surface area contributed by atoms with Crippen molar-refractivity contribution < 1.29 is 9.84 Å². The van der Waals surface area contributed by atoms with Crippen LogP contribution in [0.4, 0.5) is 0 Å². The molecule has 0 radical (unpaired) electrons. The van der Waals surface area contributed by atoms with Crippen LogP contribution < -0.4 is 0 Å². The molecule has 5 fully saturated rings. The third-order valence-corrected chi connectivity index (χ3v) is 7.91. The summed E-state index contributed by atoms with van der Waals surface area (Å²) in [5.74, 6) is 5.52. The Balaban J connectivity index is 1.58. The Morgan fingerprint density at radius 2 is 1.80 bits per heavy atom. The summed E-state index contributed by atoms with van der Waals surface area (Å²) in [5, 5.41) is 11.7. The van der Waals surface area contributed by atoms with Crippen LogP contribution in [0.1, 0.15) is 12.0 Å². The van der Waals surface area contributed by atoms with Crippen molar-refractivity contribution in [3.63, 3.8) is 0 Å². The first-order valence-electron chi connectivity index (χ1n) is 8.09. The zero-order valence-electron chi connectivity index (χ0n) is 11.6. The maximum atomic E-state index is 11.7. The van der Waals surface area contributed by atoms with Crippen molar-refractivity contribution in [2.45, 2.75) is 18.1 Å². The van der Waals surface area contributed by atoms with Crippen molar-refractivity contribution in [2.75, 3.05) is 7.11 Å². The molecule has 2 nitrogen and oxygen atoms in total. The fourth-order valence-corrected chi connectivity index (χ4v) is 7.91. The van der Waals surface area contributed by atoms with Crippen molar-refractivity contribution in [1.82, 2.24) is 0 Å². The van der Waals surface area contributed by atoms with Crippen LogP contribution in [0, 0.1) is 47.3 Å². The van der Waals surface area contributed by atoms with Crippen LogP contribution in [0.2, 0.25) is 0 Å². The van der Waals surface area contributed by atoms with Crippen LogP contribution >= 0.6 is 0 Å². The van der Waals surface area contributed by atoms with Crippen LogP contribution in [0.15, 0.2) is 30.3 Å². The molecule has 0 amide bonds. The molecule has 0 heterocycles. The molecule has 1 aromatic rings. The molecule has 6 rings (SSSR count). The second-order valence-electron chi connectivity index (χ2n) is 7.82. The lowest BCUT2D eigenvalue weighted by molar-refractivity contribution is -0.183. The topological polar surface area (TPSA) is 29.5 Å². The van der Waals surface area contributed by atoms with Crippen LogP contribution in [0.3, 0.4) is 0 Å². The van der Waals surface area contributed by atoms with E-state index >= 15 is 0 Å². The van der Waals surface area contributed by atoms with Gasteiger partial charge in [-0.1, -0.05) is 30.3 Å². The first-order chi connectivity index (χ1) is 9.78. The van der Waals surface area contributed by atoms with Gasteiger partial charge < -0.3 is 9.84 Å². The normalized spacial score (nSPS) is 63.2. The lowest BCUT2D eigenvalue weighted by Crippen LogP contribution is -2.57. The molecule has 0 aliphatic heterocycles. The monoisotopic (exact) mass is 268 g/mol. The quantitative estimate of drug-likeness (QED) is 0.891. The standard InChI is InChI=1S/C18H20O2/c1-20-17-13-9-7-10-12-11(9)14(17)16(12)18(19,15(10)13)8-5-3-2-4-6-8/h2-6,9-17,19H,7H2,1H3/t9-,10+,11-,12+,13+,14+,15+,16-,17+,18+/m0/s1. The molecule has 20 heavy (non-hydrogen) atoms. The summed E-state index contributed by atoms with van der Waals surface area (Å²) in [6, 6.07) is 10.5. The molecule has 0 unspecified atom stereocenters. The summed E-state index contributed by atoms with van der Waals surface area (Å²) in [4.78, 5) is 0. The molecule has 1 N–H and O–H groups in total. The molecule has 0 saturated heterocycles. The maximum Gasteiger partial charge on any atom is 0.0965 e. The van der Waals surface area contributed by atoms with Gasteiger partial charge in [-0.25, -0.2) is 0 Å².